The van der Waals surface area contributed by atoms with Crippen LogP contribution < -0.4 is 9.64 Å². The van der Waals surface area contributed by atoms with Crippen molar-refractivity contribution in [3.8, 4) is 6.01 Å². The first-order valence-corrected chi connectivity index (χ1v) is 6.33. The summed E-state index contributed by atoms with van der Waals surface area (Å²) in [6, 6.07) is -1.15. The van der Waals surface area contributed by atoms with E-state index in [1.54, 1.807) is 13.8 Å². The van der Waals surface area contributed by atoms with Crippen LogP contribution in [0.3, 0.4) is 0 Å². The van der Waals surface area contributed by atoms with Gasteiger partial charge < -0.3 is 9.64 Å². The highest BCUT2D eigenvalue weighted by atomic mass is 35.5. The quantitative estimate of drug-likeness (QED) is 0.761. The van der Waals surface area contributed by atoms with Gasteiger partial charge in [-0.05, 0) is 25.4 Å². The molecule has 1 aromatic rings. The smallest absolute Gasteiger partial charge is 0.434 e. The minimum Gasteiger partial charge on any atom is -0.440 e. The molecule has 22 heavy (non-hydrogen) atoms. The first-order valence-electron chi connectivity index (χ1n) is 5.95. The van der Waals surface area contributed by atoms with Gasteiger partial charge in [0.1, 0.15) is 0 Å². The third-order valence-corrected chi connectivity index (χ3v) is 2.61. The van der Waals surface area contributed by atoms with Crippen LogP contribution in [0.15, 0.2) is 0 Å². The van der Waals surface area contributed by atoms with Gasteiger partial charge in [-0.1, -0.05) is 0 Å². The number of aromatic nitrogens is 3. The lowest BCUT2D eigenvalue weighted by Gasteiger charge is -2.23. The summed E-state index contributed by atoms with van der Waals surface area (Å²) in [5.41, 5.74) is 0. The van der Waals surface area contributed by atoms with E-state index in [-0.39, 0.29) is 5.95 Å². The van der Waals surface area contributed by atoms with Crippen LogP contribution in [0, 0.1) is 0 Å². The Bertz CT molecular complexity index is 491. The van der Waals surface area contributed by atoms with Crippen LogP contribution in [0.25, 0.3) is 0 Å². The zero-order chi connectivity index (χ0) is 17.1. The van der Waals surface area contributed by atoms with Crippen LogP contribution >= 0.6 is 11.6 Å². The highest BCUT2D eigenvalue weighted by Gasteiger charge is 2.59. The molecular weight excluding hydrogens is 342 g/mol. The van der Waals surface area contributed by atoms with Crippen LogP contribution in [-0.4, -0.2) is 46.5 Å². The van der Waals surface area contributed by atoms with Gasteiger partial charge in [0.05, 0.1) is 0 Å². The summed E-state index contributed by atoms with van der Waals surface area (Å²) in [7, 11) is 0. The second kappa shape index (κ2) is 6.71. The molecule has 0 N–H and O–H groups in total. The molecule has 0 unspecified atom stereocenters. The van der Waals surface area contributed by atoms with Gasteiger partial charge in [-0.15, -0.1) is 0 Å². The Morgan fingerprint density at radius 1 is 1.00 bits per heavy atom. The van der Waals surface area contributed by atoms with E-state index in [1.807, 2.05) is 0 Å². The van der Waals surface area contributed by atoms with E-state index in [9.17, 15) is 26.3 Å². The lowest BCUT2D eigenvalue weighted by Crippen LogP contribution is -2.47. The summed E-state index contributed by atoms with van der Waals surface area (Å²) in [6.45, 7) is 4.10. The van der Waals surface area contributed by atoms with Crippen molar-refractivity contribution >= 4 is 17.5 Å². The van der Waals surface area contributed by atoms with Crippen LogP contribution in [0.1, 0.15) is 13.8 Å². The molecule has 1 aromatic heterocycles. The fraction of sp³-hybridized carbons (Fsp3) is 0.700. The molecule has 0 fully saturated rings. The van der Waals surface area contributed by atoms with E-state index in [0.29, 0.717) is 13.1 Å². The molecule has 0 spiro atoms. The van der Waals surface area contributed by atoms with Gasteiger partial charge >= 0.3 is 18.4 Å². The van der Waals surface area contributed by atoms with Gasteiger partial charge in [0.25, 0.3) is 6.10 Å². The van der Waals surface area contributed by atoms with Crippen LogP contribution in [-0.2, 0) is 0 Å². The lowest BCUT2D eigenvalue weighted by molar-refractivity contribution is -0.301. The molecule has 1 rings (SSSR count). The van der Waals surface area contributed by atoms with E-state index >= 15 is 0 Å². The third-order valence-electron chi connectivity index (χ3n) is 2.44. The zero-order valence-corrected chi connectivity index (χ0v) is 12.1. The van der Waals surface area contributed by atoms with Gasteiger partial charge in [-0.3, -0.25) is 0 Å². The van der Waals surface area contributed by atoms with Crippen molar-refractivity contribution in [2.45, 2.75) is 32.3 Å². The fourth-order valence-electron chi connectivity index (χ4n) is 1.45. The first kappa shape index (κ1) is 18.5. The molecule has 0 radical (unpaired) electrons. The Kier molecular flexibility index (Phi) is 5.65. The van der Waals surface area contributed by atoms with Gasteiger partial charge in [0, 0.05) is 13.1 Å². The van der Waals surface area contributed by atoms with Crippen LogP contribution in [0.2, 0.25) is 5.28 Å². The molecule has 0 saturated carbocycles. The van der Waals surface area contributed by atoms with Gasteiger partial charge in [0.2, 0.25) is 11.2 Å². The van der Waals surface area contributed by atoms with Crippen LogP contribution in [0.4, 0.5) is 32.3 Å². The fourth-order valence-corrected chi connectivity index (χ4v) is 1.60. The largest absolute Gasteiger partial charge is 0.440 e. The molecule has 1 heterocycles. The Hall–Kier alpha value is -1.52. The molecule has 126 valence electrons. The summed E-state index contributed by atoms with van der Waals surface area (Å²) in [4.78, 5) is 11.7. The first-order chi connectivity index (χ1) is 9.98. The number of anilines is 1. The maximum Gasteiger partial charge on any atom is 0.434 e. The molecule has 0 amide bonds. The molecule has 0 saturated heterocycles. The molecule has 0 atom stereocenters. The molecule has 5 nitrogen and oxygen atoms in total. The van der Waals surface area contributed by atoms with E-state index in [2.05, 4.69) is 19.7 Å². The lowest BCUT2D eigenvalue weighted by atomic mass is 10.3. The number of alkyl halides is 6. The van der Waals surface area contributed by atoms with Crippen molar-refractivity contribution in [3.63, 3.8) is 0 Å². The van der Waals surface area contributed by atoms with Crippen molar-refractivity contribution in [1.29, 1.82) is 0 Å². The molecule has 0 aliphatic carbocycles. The zero-order valence-electron chi connectivity index (χ0n) is 11.3. The van der Waals surface area contributed by atoms with E-state index < -0.39 is 29.8 Å². The summed E-state index contributed by atoms with van der Waals surface area (Å²) in [5.74, 6) is -0.178. The summed E-state index contributed by atoms with van der Waals surface area (Å²) < 4.78 is 78.5. The monoisotopic (exact) mass is 352 g/mol. The molecule has 0 aromatic carbocycles. The highest BCUT2D eigenvalue weighted by molar-refractivity contribution is 6.28. The maximum atomic E-state index is 12.4. The second-order valence-corrected chi connectivity index (χ2v) is 4.28. The summed E-state index contributed by atoms with van der Waals surface area (Å²) in [5, 5.41) is -0.574. The minimum absolute atomic E-state index is 0.178. The number of nitrogens with zero attached hydrogens (tertiary/aromatic N) is 4. The Morgan fingerprint density at radius 3 is 1.91 bits per heavy atom. The standard InChI is InChI=1S/C10H11ClF6N4O/c1-3-21(4-2)7-18-6(11)19-8(20-7)22-5(9(12,13)14)10(15,16)17/h5H,3-4H2,1-2H3. The Morgan fingerprint density at radius 2 is 1.50 bits per heavy atom. The third kappa shape index (κ3) is 4.75. The Labute approximate surface area is 126 Å². The average Bonchev–Trinajstić information content (AvgIpc) is 2.34. The number of halogens is 7. The summed E-state index contributed by atoms with van der Waals surface area (Å²) >= 11 is 5.49. The van der Waals surface area contributed by atoms with Crippen molar-refractivity contribution in [1.82, 2.24) is 15.0 Å². The van der Waals surface area contributed by atoms with Crippen molar-refractivity contribution in [3.05, 3.63) is 5.28 Å². The molecule has 0 aliphatic rings. The van der Waals surface area contributed by atoms with E-state index in [0.717, 1.165) is 0 Å². The SMILES string of the molecule is CCN(CC)c1nc(Cl)nc(OC(C(F)(F)F)C(F)(F)F)n1. The molecule has 12 heteroatoms. The predicted octanol–water partition coefficient (Wildman–Crippen LogP) is 3.24. The second-order valence-electron chi connectivity index (χ2n) is 3.94. The molecule has 0 bridgehead atoms. The molecular formula is C10H11ClF6N4O. The topological polar surface area (TPSA) is 51.1 Å². The molecule has 0 aliphatic heterocycles. The average molecular weight is 353 g/mol. The number of hydrogen-bond donors (Lipinski definition) is 0. The predicted molar refractivity (Wildman–Crippen MR) is 64.9 cm³/mol. The minimum atomic E-state index is -5.67. The van der Waals surface area contributed by atoms with Crippen molar-refractivity contribution in [2.24, 2.45) is 0 Å². The van der Waals surface area contributed by atoms with Gasteiger partial charge in [-0.25, -0.2) is 0 Å². The van der Waals surface area contributed by atoms with Crippen molar-refractivity contribution < 1.29 is 31.1 Å². The van der Waals surface area contributed by atoms with Crippen LogP contribution in [0.5, 0.6) is 6.01 Å². The van der Waals surface area contributed by atoms with Crippen molar-refractivity contribution in [2.75, 3.05) is 18.0 Å². The number of rotatable bonds is 5. The maximum absolute atomic E-state index is 12.4. The highest BCUT2D eigenvalue weighted by Crippen LogP contribution is 2.36. The van der Waals surface area contributed by atoms with E-state index in [1.165, 1.54) is 4.90 Å². The van der Waals surface area contributed by atoms with Gasteiger partial charge in [-0.2, -0.15) is 41.3 Å². The summed E-state index contributed by atoms with van der Waals surface area (Å²) in [6.07, 6.45) is -15.4. The normalized spacial score (nSPS) is 12.6. The number of hydrogen-bond acceptors (Lipinski definition) is 5. The van der Waals surface area contributed by atoms with Gasteiger partial charge in [0.15, 0.2) is 0 Å². The Balaban J connectivity index is 3.16. The van der Waals surface area contributed by atoms with E-state index in [4.69, 9.17) is 11.6 Å². The number of ether oxygens (including phenoxy) is 1.